The van der Waals surface area contributed by atoms with Crippen LogP contribution in [0.3, 0.4) is 0 Å². The Morgan fingerprint density at radius 1 is 1.22 bits per heavy atom. The quantitative estimate of drug-likeness (QED) is 0.293. The van der Waals surface area contributed by atoms with Crippen molar-refractivity contribution in [3.63, 3.8) is 0 Å². The van der Waals surface area contributed by atoms with Gasteiger partial charge in [-0.1, -0.05) is 44.6 Å². The first-order valence-corrected chi connectivity index (χ1v) is 11.9. The summed E-state index contributed by atoms with van der Waals surface area (Å²) >= 11 is 0. The maximum Gasteiger partial charge on any atom is 0.302 e. The molecule has 176 valence electrons. The van der Waals surface area contributed by atoms with Crippen molar-refractivity contribution in [2.75, 3.05) is 0 Å². The number of carbonyl (C=O) groups excluding carboxylic acids is 1. The zero-order valence-corrected chi connectivity index (χ0v) is 20.4. The van der Waals surface area contributed by atoms with E-state index in [-0.39, 0.29) is 34.4 Å². The zero-order chi connectivity index (χ0) is 23.7. The molecule has 0 heterocycles. The second-order valence-electron chi connectivity index (χ2n) is 11.0. The summed E-state index contributed by atoms with van der Waals surface area (Å²) in [5.41, 5.74) is 3.54. The highest BCUT2D eigenvalue weighted by atomic mass is 16.5. The van der Waals surface area contributed by atoms with Gasteiger partial charge in [-0.3, -0.25) is 4.79 Å². The summed E-state index contributed by atoms with van der Waals surface area (Å²) in [6.45, 7) is 15.2. The molecule has 0 radical (unpaired) electrons. The van der Waals surface area contributed by atoms with Gasteiger partial charge in [-0.05, 0) is 92.7 Å². The average Bonchev–Trinajstić information content (AvgIpc) is 2.66. The van der Waals surface area contributed by atoms with Crippen molar-refractivity contribution in [1.29, 1.82) is 0 Å². The fraction of sp³-hybridized carbons (Fsp3) is 0.607. The number of hydrogen-bond donors (Lipinski definition) is 2. The molecule has 4 heteroatoms. The Hall–Kier alpha value is -2.23. The highest BCUT2D eigenvalue weighted by Gasteiger charge is 2.55. The van der Waals surface area contributed by atoms with Crippen molar-refractivity contribution in [2.45, 2.75) is 85.7 Å². The predicted molar refractivity (Wildman–Crippen MR) is 128 cm³/mol. The van der Waals surface area contributed by atoms with E-state index in [4.69, 9.17) is 4.74 Å². The molecule has 4 atom stereocenters. The van der Waals surface area contributed by atoms with Gasteiger partial charge in [0.05, 0.1) is 0 Å². The third kappa shape index (κ3) is 5.22. The second-order valence-corrected chi connectivity index (χ2v) is 11.0. The average molecular weight is 441 g/mol. The Morgan fingerprint density at radius 2 is 1.94 bits per heavy atom. The minimum absolute atomic E-state index is 0.0254. The molecule has 0 bridgehead atoms. The Bertz CT molecular complexity index is 897. The van der Waals surface area contributed by atoms with E-state index in [9.17, 15) is 15.0 Å². The van der Waals surface area contributed by atoms with Crippen molar-refractivity contribution in [1.82, 2.24) is 0 Å². The molecule has 0 aromatic heterocycles. The number of allylic oxidation sites excluding steroid dienone is 3. The lowest BCUT2D eigenvalue weighted by Crippen LogP contribution is -2.53. The van der Waals surface area contributed by atoms with E-state index >= 15 is 0 Å². The SMILES string of the molecule is C=C1CC[C@@H]2C(C)(C)C[C@@H](OC(C)=O)C[C@@]2(C)[C@@H]1CC/C(C)=C/Cc1cc(O)ccc1O. The van der Waals surface area contributed by atoms with Crippen LogP contribution in [0.4, 0.5) is 0 Å². The van der Waals surface area contributed by atoms with Crippen LogP contribution in [0.2, 0.25) is 0 Å². The minimum Gasteiger partial charge on any atom is -0.508 e. The van der Waals surface area contributed by atoms with Crippen molar-refractivity contribution in [2.24, 2.45) is 22.7 Å². The molecule has 0 saturated heterocycles. The third-order valence-electron chi connectivity index (χ3n) is 8.10. The highest BCUT2D eigenvalue weighted by molar-refractivity contribution is 5.66. The molecule has 2 aliphatic carbocycles. The van der Waals surface area contributed by atoms with Gasteiger partial charge in [-0.2, -0.15) is 0 Å². The first-order valence-electron chi connectivity index (χ1n) is 11.9. The normalized spacial score (nSPS) is 30.0. The third-order valence-corrected chi connectivity index (χ3v) is 8.10. The number of hydrogen-bond acceptors (Lipinski definition) is 4. The van der Waals surface area contributed by atoms with Crippen LogP contribution in [-0.4, -0.2) is 22.3 Å². The number of benzene rings is 1. The molecule has 4 nitrogen and oxygen atoms in total. The number of rotatable bonds is 6. The van der Waals surface area contributed by atoms with Crippen LogP contribution in [0.15, 0.2) is 42.0 Å². The number of aromatic hydroxyl groups is 2. The van der Waals surface area contributed by atoms with Gasteiger partial charge in [0.15, 0.2) is 0 Å². The molecule has 3 rings (SSSR count). The molecule has 1 aromatic rings. The molecule has 2 N–H and O–H groups in total. The van der Waals surface area contributed by atoms with Gasteiger partial charge in [0.2, 0.25) is 0 Å². The van der Waals surface area contributed by atoms with Crippen LogP contribution in [0.25, 0.3) is 0 Å². The Balaban J connectivity index is 1.74. The van der Waals surface area contributed by atoms with Gasteiger partial charge in [-0.15, -0.1) is 0 Å². The number of fused-ring (bicyclic) bond motifs is 1. The van der Waals surface area contributed by atoms with Crippen LogP contribution < -0.4 is 0 Å². The zero-order valence-electron chi connectivity index (χ0n) is 20.4. The van der Waals surface area contributed by atoms with Gasteiger partial charge in [0.25, 0.3) is 0 Å². The molecule has 2 saturated carbocycles. The standard InChI is InChI=1S/C28H40O4/c1-18(7-10-21-15-22(30)11-13-25(21)31)8-12-24-19(2)9-14-26-27(4,5)16-23(32-20(3)29)17-28(24,26)6/h7,11,13,15,23-24,26,30-31H,2,8-10,12,14,16-17H2,1,3-6H3/b18-7+/t23-,24-,26-,28+/m1/s1. The summed E-state index contributed by atoms with van der Waals surface area (Å²) in [6.07, 6.45) is 8.79. The van der Waals surface area contributed by atoms with Gasteiger partial charge >= 0.3 is 5.97 Å². The maximum absolute atomic E-state index is 11.7. The van der Waals surface area contributed by atoms with Crippen LogP contribution in [0, 0.1) is 22.7 Å². The first-order chi connectivity index (χ1) is 14.9. The summed E-state index contributed by atoms with van der Waals surface area (Å²) in [5, 5.41) is 19.7. The summed E-state index contributed by atoms with van der Waals surface area (Å²) < 4.78 is 5.73. The second kappa shape index (κ2) is 9.33. The lowest BCUT2D eigenvalue weighted by Gasteiger charge is -2.59. The van der Waals surface area contributed by atoms with E-state index in [0.717, 1.165) is 44.1 Å². The number of ether oxygens (including phenoxy) is 1. The van der Waals surface area contributed by atoms with E-state index in [1.165, 1.54) is 30.2 Å². The number of carbonyl (C=O) groups is 1. The molecule has 0 aliphatic heterocycles. The van der Waals surface area contributed by atoms with Gasteiger partial charge in [-0.25, -0.2) is 0 Å². The smallest absolute Gasteiger partial charge is 0.302 e. The van der Waals surface area contributed by atoms with E-state index in [1.807, 2.05) is 0 Å². The van der Waals surface area contributed by atoms with Crippen molar-refractivity contribution >= 4 is 5.97 Å². The van der Waals surface area contributed by atoms with E-state index in [2.05, 4.69) is 40.3 Å². The molecule has 2 aliphatic rings. The van der Waals surface area contributed by atoms with Crippen LogP contribution in [0.1, 0.15) is 78.7 Å². The first kappa shape index (κ1) is 24.4. The van der Waals surface area contributed by atoms with E-state index in [1.54, 1.807) is 6.07 Å². The summed E-state index contributed by atoms with van der Waals surface area (Å²) in [5.74, 6) is 1.18. The minimum atomic E-state index is -0.187. The Kier molecular flexibility index (Phi) is 7.12. The highest BCUT2D eigenvalue weighted by Crippen LogP contribution is 2.62. The largest absolute Gasteiger partial charge is 0.508 e. The maximum atomic E-state index is 11.7. The monoisotopic (exact) mass is 440 g/mol. The van der Waals surface area contributed by atoms with Crippen LogP contribution >= 0.6 is 0 Å². The molecule has 1 aromatic carbocycles. The number of phenols is 2. The number of esters is 1. The number of phenolic OH excluding ortho intramolecular Hbond substituents is 2. The Morgan fingerprint density at radius 3 is 2.62 bits per heavy atom. The summed E-state index contributed by atoms with van der Waals surface area (Å²) in [7, 11) is 0. The van der Waals surface area contributed by atoms with E-state index < -0.39 is 0 Å². The Labute approximate surface area is 193 Å². The summed E-state index contributed by atoms with van der Waals surface area (Å²) in [4.78, 5) is 11.7. The molecule has 32 heavy (non-hydrogen) atoms. The predicted octanol–water partition coefficient (Wildman–Crippen LogP) is 6.71. The molecule has 0 spiro atoms. The molecular weight excluding hydrogens is 400 g/mol. The fourth-order valence-corrected chi connectivity index (χ4v) is 6.75. The molecule has 0 amide bonds. The molecular formula is C28H40O4. The van der Waals surface area contributed by atoms with Gasteiger partial charge in [0, 0.05) is 12.5 Å². The van der Waals surface area contributed by atoms with Gasteiger partial charge in [0.1, 0.15) is 17.6 Å². The fourth-order valence-electron chi connectivity index (χ4n) is 6.75. The van der Waals surface area contributed by atoms with Crippen molar-refractivity contribution < 1.29 is 19.7 Å². The van der Waals surface area contributed by atoms with Gasteiger partial charge < -0.3 is 14.9 Å². The van der Waals surface area contributed by atoms with Crippen LogP contribution in [0.5, 0.6) is 11.5 Å². The lowest BCUT2D eigenvalue weighted by molar-refractivity contribution is -0.163. The summed E-state index contributed by atoms with van der Waals surface area (Å²) in [6, 6.07) is 4.65. The molecule has 2 fully saturated rings. The van der Waals surface area contributed by atoms with Crippen molar-refractivity contribution in [3.05, 3.63) is 47.6 Å². The molecule has 0 unspecified atom stereocenters. The van der Waals surface area contributed by atoms with E-state index in [0.29, 0.717) is 18.3 Å². The lowest BCUT2D eigenvalue weighted by atomic mass is 9.46. The topological polar surface area (TPSA) is 66.8 Å². The van der Waals surface area contributed by atoms with Crippen molar-refractivity contribution in [3.8, 4) is 11.5 Å². The van der Waals surface area contributed by atoms with Crippen LogP contribution in [-0.2, 0) is 16.0 Å².